The molecule has 1 aliphatic rings. The van der Waals surface area contributed by atoms with E-state index in [4.69, 9.17) is 10.5 Å². The van der Waals surface area contributed by atoms with E-state index in [-0.39, 0.29) is 17.7 Å². The molecule has 1 saturated carbocycles. The second kappa shape index (κ2) is 6.02. The van der Waals surface area contributed by atoms with Crippen LogP contribution in [0.3, 0.4) is 0 Å². The summed E-state index contributed by atoms with van der Waals surface area (Å²) in [5, 5.41) is 2.82. The number of methoxy groups -OCH3 is 1. The SMILES string of the molecule is COc1ccc(C(=O)NCC2CCC(N)C2)cc1F. The quantitative estimate of drug-likeness (QED) is 0.871. The monoisotopic (exact) mass is 266 g/mol. The van der Waals surface area contributed by atoms with Gasteiger partial charge in [0.05, 0.1) is 7.11 Å². The molecule has 3 N–H and O–H groups in total. The van der Waals surface area contributed by atoms with Gasteiger partial charge in [0.2, 0.25) is 0 Å². The van der Waals surface area contributed by atoms with Crippen molar-refractivity contribution in [3.8, 4) is 5.75 Å². The highest BCUT2D eigenvalue weighted by Gasteiger charge is 2.22. The Hall–Kier alpha value is -1.62. The number of halogens is 1. The van der Waals surface area contributed by atoms with Crippen molar-refractivity contribution in [3.63, 3.8) is 0 Å². The van der Waals surface area contributed by atoms with Crippen molar-refractivity contribution in [3.05, 3.63) is 29.6 Å². The Balaban J connectivity index is 1.91. The molecule has 1 aromatic carbocycles. The average molecular weight is 266 g/mol. The highest BCUT2D eigenvalue weighted by molar-refractivity contribution is 5.94. The van der Waals surface area contributed by atoms with E-state index in [1.54, 1.807) is 6.07 Å². The minimum Gasteiger partial charge on any atom is -0.494 e. The van der Waals surface area contributed by atoms with E-state index < -0.39 is 5.82 Å². The van der Waals surface area contributed by atoms with Crippen LogP contribution in [0.15, 0.2) is 18.2 Å². The first-order valence-electron chi connectivity index (χ1n) is 6.47. The van der Waals surface area contributed by atoms with Crippen LogP contribution in [0.5, 0.6) is 5.75 Å². The van der Waals surface area contributed by atoms with Crippen molar-refractivity contribution in [1.82, 2.24) is 5.32 Å². The fourth-order valence-electron chi connectivity index (χ4n) is 2.45. The van der Waals surface area contributed by atoms with Gasteiger partial charge in [0, 0.05) is 18.2 Å². The predicted molar refractivity (Wildman–Crippen MR) is 70.6 cm³/mol. The van der Waals surface area contributed by atoms with Crippen LogP contribution in [-0.4, -0.2) is 25.6 Å². The first-order chi connectivity index (χ1) is 9.10. The van der Waals surface area contributed by atoms with Gasteiger partial charge in [0.15, 0.2) is 11.6 Å². The summed E-state index contributed by atoms with van der Waals surface area (Å²) in [6.07, 6.45) is 2.99. The number of hydrogen-bond acceptors (Lipinski definition) is 3. The molecule has 1 aromatic rings. The number of carbonyl (C=O) groups excluding carboxylic acids is 1. The Morgan fingerprint density at radius 2 is 2.32 bits per heavy atom. The molecule has 2 unspecified atom stereocenters. The van der Waals surface area contributed by atoms with Crippen LogP contribution >= 0.6 is 0 Å². The molecule has 19 heavy (non-hydrogen) atoms. The maximum atomic E-state index is 13.5. The van der Waals surface area contributed by atoms with Crippen molar-refractivity contribution in [2.75, 3.05) is 13.7 Å². The topological polar surface area (TPSA) is 64.3 Å². The fourth-order valence-corrected chi connectivity index (χ4v) is 2.45. The van der Waals surface area contributed by atoms with Crippen molar-refractivity contribution >= 4 is 5.91 Å². The van der Waals surface area contributed by atoms with E-state index >= 15 is 0 Å². The molecular formula is C14H19FN2O2. The molecule has 0 heterocycles. The maximum Gasteiger partial charge on any atom is 0.251 e. The molecule has 5 heteroatoms. The van der Waals surface area contributed by atoms with Crippen molar-refractivity contribution in [2.24, 2.45) is 11.7 Å². The molecule has 104 valence electrons. The lowest BCUT2D eigenvalue weighted by atomic mass is 10.1. The van der Waals surface area contributed by atoms with Crippen LogP contribution in [-0.2, 0) is 0 Å². The third-order valence-corrected chi connectivity index (χ3v) is 3.55. The van der Waals surface area contributed by atoms with Crippen LogP contribution in [0.2, 0.25) is 0 Å². The van der Waals surface area contributed by atoms with Crippen LogP contribution < -0.4 is 15.8 Å². The van der Waals surface area contributed by atoms with Crippen molar-refractivity contribution in [1.29, 1.82) is 0 Å². The molecule has 0 bridgehead atoms. The number of benzene rings is 1. The third-order valence-electron chi connectivity index (χ3n) is 3.55. The van der Waals surface area contributed by atoms with E-state index in [2.05, 4.69) is 5.32 Å². The number of hydrogen-bond donors (Lipinski definition) is 2. The Bertz CT molecular complexity index is 465. The molecule has 0 aromatic heterocycles. The third kappa shape index (κ3) is 3.44. The zero-order chi connectivity index (χ0) is 13.8. The summed E-state index contributed by atoms with van der Waals surface area (Å²) in [6, 6.07) is 4.45. The molecule has 4 nitrogen and oxygen atoms in total. The van der Waals surface area contributed by atoms with Crippen LogP contribution in [0, 0.1) is 11.7 Å². The lowest BCUT2D eigenvalue weighted by Gasteiger charge is -2.11. The molecule has 2 atom stereocenters. The minimum atomic E-state index is -0.530. The minimum absolute atomic E-state index is 0.137. The standard InChI is InChI=1S/C14H19FN2O2/c1-19-13-5-3-10(7-12(13)15)14(18)17-8-9-2-4-11(16)6-9/h3,5,7,9,11H,2,4,6,8,16H2,1H3,(H,17,18). The highest BCUT2D eigenvalue weighted by atomic mass is 19.1. The normalized spacial score (nSPS) is 22.3. The van der Waals surface area contributed by atoms with Gasteiger partial charge < -0.3 is 15.8 Å². The van der Waals surface area contributed by atoms with Gasteiger partial charge in [-0.3, -0.25) is 4.79 Å². The summed E-state index contributed by atoms with van der Waals surface area (Å²) in [5.74, 6) is -0.222. The number of nitrogens with two attached hydrogens (primary N) is 1. The maximum absolute atomic E-state index is 13.5. The summed E-state index contributed by atoms with van der Waals surface area (Å²) in [6.45, 7) is 0.597. The molecule has 0 saturated heterocycles. The zero-order valence-corrected chi connectivity index (χ0v) is 11.0. The van der Waals surface area contributed by atoms with E-state index in [0.29, 0.717) is 18.0 Å². The molecule has 2 rings (SSSR count). The molecule has 0 aliphatic heterocycles. The van der Waals surface area contributed by atoms with E-state index in [0.717, 1.165) is 19.3 Å². The average Bonchev–Trinajstić information content (AvgIpc) is 2.81. The summed E-state index contributed by atoms with van der Waals surface area (Å²) in [5.41, 5.74) is 6.12. The largest absolute Gasteiger partial charge is 0.494 e. The van der Waals surface area contributed by atoms with Crippen LogP contribution in [0.4, 0.5) is 4.39 Å². The summed E-state index contributed by atoms with van der Waals surface area (Å²) >= 11 is 0. The van der Waals surface area contributed by atoms with Crippen LogP contribution in [0.25, 0.3) is 0 Å². The Morgan fingerprint density at radius 1 is 1.53 bits per heavy atom. The number of carbonyl (C=O) groups is 1. The molecule has 0 radical (unpaired) electrons. The molecular weight excluding hydrogens is 247 g/mol. The van der Waals surface area contributed by atoms with Gasteiger partial charge in [0.25, 0.3) is 5.91 Å². The number of rotatable bonds is 4. The first kappa shape index (κ1) is 13.8. The van der Waals surface area contributed by atoms with Gasteiger partial charge in [-0.2, -0.15) is 0 Å². The number of ether oxygens (including phenoxy) is 1. The van der Waals surface area contributed by atoms with Gasteiger partial charge in [0.1, 0.15) is 0 Å². The lowest BCUT2D eigenvalue weighted by molar-refractivity contribution is 0.0946. The Labute approximate surface area is 112 Å². The Morgan fingerprint density at radius 3 is 2.89 bits per heavy atom. The lowest BCUT2D eigenvalue weighted by Crippen LogP contribution is -2.29. The van der Waals surface area contributed by atoms with E-state index in [1.807, 2.05) is 0 Å². The summed E-state index contributed by atoms with van der Waals surface area (Å²) < 4.78 is 18.3. The van der Waals surface area contributed by atoms with Crippen molar-refractivity contribution in [2.45, 2.75) is 25.3 Å². The summed E-state index contributed by atoms with van der Waals surface area (Å²) in [4.78, 5) is 11.9. The van der Waals surface area contributed by atoms with Gasteiger partial charge in [-0.25, -0.2) is 4.39 Å². The molecule has 1 amide bonds. The number of nitrogens with one attached hydrogen (secondary N) is 1. The molecule has 0 spiro atoms. The second-order valence-corrected chi connectivity index (χ2v) is 5.00. The van der Waals surface area contributed by atoms with Crippen LogP contribution in [0.1, 0.15) is 29.6 Å². The van der Waals surface area contributed by atoms with Gasteiger partial charge in [-0.1, -0.05) is 0 Å². The highest BCUT2D eigenvalue weighted by Crippen LogP contribution is 2.23. The van der Waals surface area contributed by atoms with Gasteiger partial charge >= 0.3 is 0 Å². The van der Waals surface area contributed by atoms with E-state index in [9.17, 15) is 9.18 Å². The second-order valence-electron chi connectivity index (χ2n) is 5.00. The van der Waals surface area contributed by atoms with Gasteiger partial charge in [-0.05, 0) is 43.4 Å². The first-order valence-corrected chi connectivity index (χ1v) is 6.47. The van der Waals surface area contributed by atoms with Gasteiger partial charge in [-0.15, -0.1) is 0 Å². The zero-order valence-electron chi connectivity index (χ0n) is 11.0. The number of amides is 1. The molecule has 1 aliphatic carbocycles. The smallest absolute Gasteiger partial charge is 0.251 e. The fraction of sp³-hybridized carbons (Fsp3) is 0.500. The van der Waals surface area contributed by atoms with Crippen molar-refractivity contribution < 1.29 is 13.9 Å². The molecule has 1 fully saturated rings. The summed E-state index contributed by atoms with van der Waals surface area (Å²) in [7, 11) is 1.39. The Kier molecular flexibility index (Phi) is 4.37. The van der Waals surface area contributed by atoms with E-state index in [1.165, 1.54) is 19.2 Å². The predicted octanol–water partition coefficient (Wildman–Crippen LogP) is 1.69.